The topological polar surface area (TPSA) is 54.9 Å². The molecule has 0 aliphatic carbocycles. The number of nitrogens with one attached hydrogen (secondary N) is 1. The Labute approximate surface area is 161 Å². The number of carbonyl (C=O) groups excluding carboxylic acids is 1. The van der Waals surface area contributed by atoms with Gasteiger partial charge in [-0.15, -0.1) is 10.2 Å². The Balaban J connectivity index is 1.72. The van der Waals surface area contributed by atoms with Crippen molar-refractivity contribution < 1.29 is 4.79 Å². The van der Waals surface area contributed by atoms with Gasteiger partial charge in [0.25, 0.3) is 5.91 Å². The maximum atomic E-state index is 12.2. The van der Waals surface area contributed by atoms with E-state index in [1.54, 1.807) is 0 Å². The summed E-state index contributed by atoms with van der Waals surface area (Å²) in [5.41, 5.74) is 2.96. The number of benzene rings is 2. The zero-order chi connectivity index (χ0) is 18.5. The highest BCUT2D eigenvalue weighted by Crippen LogP contribution is 2.26. The molecule has 132 valence electrons. The third-order valence-corrected chi connectivity index (χ3v) is 5.11. The first-order valence-electron chi connectivity index (χ1n) is 8.20. The van der Waals surface area contributed by atoms with Crippen molar-refractivity contribution in [1.82, 2.24) is 10.2 Å². The number of hydrogen-bond donors (Lipinski definition) is 1. The van der Waals surface area contributed by atoms with Gasteiger partial charge >= 0.3 is 0 Å². The third-order valence-electron chi connectivity index (χ3n) is 3.75. The number of aromatic nitrogens is 2. The summed E-state index contributed by atoms with van der Waals surface area (Å²) in [5.74, 6) is 0.183. The average molecular weight is 384 g/mol. The van der Waals surface area contributed by atoms with E-state index < -0.39 is 0 Å². The van der Waals surface area contributed by atoms with E-state index in [-0.39, 0.29) is 10.9 Å². The van der Waals surface area contributed by atoms with Gasteiger partial charge in [-0.05, 0) is 35.3 Å². The van der Waals surface area contributed by atoms with Crippen molar-refractivity contribution in [2.45, 2.75) is 19.8 Å². The lowest BCUT2D eigenvalue weighted by Crippen LogP contribution is -2.11. The van der Waals surface area contributed by atoms with E-state index >= 15 is 0 Å². The molecule has 3 rings (SSSR count). The fourth-order valence-electron chi connectivity index (χ4n) is 2.30. The molecule has 26 heavy (non-hydrogen) atoms. The predicted octanol–water partition coefficient (Wildman–Crippen LogP) is 5.65. The van der Waals surface area contributed by atoms with Gasteiger partial charge in [0.15, 0.2) is 5.01 Å². The van der Waals surface area contributed by atoms with Crippen molar-refractivity contribution in [3.8, 4) is 0 Å². The number of halogens is 1. The number of amides is 1. The van der Waals surface area contributed by atoms with Gasteiger partial charge in [-0.1, -0.05) is 79.2 Å². The van der Waals surface area contributed by atoms with E-state index in [1.807, 2.05) is 48.5 Å². The van der Waals surface area contributed by atoms with Crippen LogP contribution < -0.4 is 5.32 Å². The molecule has 0 bridgehead atoms. The summed E-state index contributed by atoms with van der Waals surface area (Å²) >= 11 is 7.52. The molecule has 2 aromatic carbocycles. The largest absolute Gasteiger partial charge is 0.320 e. The van der Waals surface area contributed by atoms with Crippen LogP contribution in [0.5, 0.6) is 0 Å². The summed E-state index contributed by atoms with van der Waals surface area (Å²) in [4.78, 5) is 12.2. The first-order valence-corrected chi connectivity index (χ1v) is 9.40. The van der Waals surface area contributed by atoms with Gasteiger partial charge < -0.3 is 5.32 Å². The van der Waals surface area contributed by atoms with Crippen molar-refractivity contribution in [2.24, 2.45) is 0 Å². The molecular weight excluding hydrogens is 366 g/mol. The molecule has 1 N–H and O–H groups in total. The molecule has 0 radical (unpaired) electrons. The Morgan fingerprint density at radius 2 is 1.69 bits per heavy atom. The van der Waals surface area contributed by atoms with E-state index in [4.69, 9.17) is 11.6 Å². The second-order valence-corrected chi connectivity index (χ2v) is 7.43. The van der Waals surface area contributed by atoms with Gasteiger partial charge in [-0.2, -0.15) is 0 Å². The Kier molecular flexibility index (Phi) is 5.81. The molecular formula is C20H18ClN3OS. The standard InChI is InChI=1S/C20H18ClN3OS/c1-13(2)15-10-8-14(9-11-15)12-17(21)19-23-24-20(26-19)18(25)22-16-6-4-3-5-7-16/h3-13H,1-2H3,(H,22,25). The van der Waals surface area contributed by atoms with Crippen LogP contribution in [0.15, 0.2) is 54.6 Å². The molecule has 0 atom stereocenters. The lowest BCUT2D eigenvalue weighted by molar-refractivity contribution is 0.102. The van der Waals surface area contributed by atoms with Crippen molar-refractivity contribution in [3.63, 3.8) is 0 Å². The quantitative estimate of drug-likeness (QED) is 0.619. The lowest BCUT2D eigenvalue weighted by atomic mass is 10.0. The molecule has 0 saturated heterocycles. The fraction of sp³-hybridized carbons (Fsp3) is 0.150. The smallest absolute Gasteiger partial charge is 0.286 e. The molecule has 3 aromatic rings. The maximum absolute atomic E-state index is 12.2. The maximum Gasteiger partial charge on any atom is 0.286 e. The van der Waals surface area contributed by atoms with Crippen LogP contribution in [0.2, 0.25) is 0 Å². The molecule has 0 spiro atoms. The summed E-state index contributed by atoms with van der Waals surface area (Å²) < 4.78 is 0. The van der Waals surface area contributed by atoms with E-state index in [1.165, 1.54) is 5.56 Å². The van der Waals surface area contributed by atoms with Gasteiger partial charge in [0.1, 0.15) is 0 Å². The zero-order valence-corrected chi connectivity index (χ0v) is 16.0. The molecule has 4 nitrogen and oxygen atoms in total. The van der Waals surface area contributed by atoms with Crippen molar-refractivity contribution in [2.75, 3.05) is 5.32 Å². The molecule has 1 heterocycles. The van der Waals surface area contributed by atoms with Crippen LogP contribution >= 0.6 is 22.9 Å². The van der Waals surface area contributed by atoms with Crippen LogP contribution in [-0.4, -0.2) is 16.1 Å². The van der Waals surface area contributed by atoms with E-state index in [9.17, 15) is 4.79 Å². The van der Waals surface area contributed by atoms with Gasteiger partial charge in [0, 0.05) is 5.69 Å². The number of anilines is 1. The molecule has 0 saturated carbocycles. The minimum absolute atomic E-state index is 0.269. The molecule has 0 unspecified atom stereocenters. The predicted molar refractivity (Wildman–Crippen MR) is 109 cm³/mol. The van der Waals surface area contributed by atoms with Gasteiger partial charge in [0.05, 0.1) is 5.03 Å². The minimum Gasteiger partial charge on any atom is -0.320 e. The number of para-hydroxylation sites is 1. The first-order chi connectivity index (χ1) is 12.5. The molecule has 1 amide bonds. The van der Waals surface area contributed by atoms with E-state index in [2.05, 4.69) is 41.5 Å². The number of carbonyl (C=O) groups is 1. The fourth-order valence-corrected chi connectivity index (χ4v) is 3.23. The number of nitrogens with zero attached hydrogens (tertiary/aromatic N) is 2. The Morgan fingerprint density at radius 3 is 2.35 bits per heavy atom. The summed E-state index contributed by atoms with van der Waals surface area (Å²) in [6, 6.07) is 17.4. The van der Waals surface area contributed by atoms with Crippen LogP contribution in [0.1, 0.15) is 45.7 Å². The SMILES string of the molecule is CC(C)c1ccc(C=C(Cl)c2nnc(C(=O)Nc3ccccc3)s2)cc1. The molecule has 1 aromatic heterocycles. The van der Waals surface area contributed by atoms with Crippen LogP contribution in [-0.2, 0) is 0 Å². The zero-order valence-electron chi connectivity index (χ0n) is 14.4. The molecule has 6 heteroatoms. The first kappa shape index (κ1) is 18.3. The van der Waals surface area contributed by atoms with E-state index in [0.29, 0.717) is 21.6 Å². The van der Waals surface area contributed by atoms with Crippen molar-refractivity contribution in [3.05, 3.63) is 75.7 Å². The highest BCUT2D eigenvalue weighted by Gasteiger charge is 2.14. The average Bonchev–Trinajstić information content (AvgIpc) is 3.13. The Morgan fingerprint density at radius 1 is 1.04 bits per heavy atom. The lowest BCUT2D eigenvalue weighted by Gasteiger charge is -2.04. The van der Waals surface area contributed by atoms with Crippen molar-refractivity contribution >= 4 is 45.6 Å². The highest BCUT2D eigenvalue weighted by molar-refractivity contribution is 7.15. The molecule has 0 aliphatic rings. The van der Waals surface area contributed by atoms with Crippen molar-refractivity contribution in [1.29, 1.82) is 0 Å². The normalized spacial score (nSPS) is 11.6. The second-order valence-electron chi connectivity index (χ2n) is 6.05. The highest BCUT2D eigenvalue weighted by atomic mass is 35.5. The number of rotatable bonds is 5. The Bertz CT molecular complexity index is 918. The van der Waals surface area contributed by atoms with Crippen LogP contribution in [0, 0.1) is 0 Å². The summed E-state index contributed by atoms with van der Waals surface area (Å²) in [6.07, 6.45) is 1.82. The second kappa shape index (κ2) is 8.25. The monoisotopic (exact) mass is 383 g/mol. The van der Waals surface area contributed by atoms with Crippen LogP contribution in [0.25, 0.3) is 11.1 Å². The molecule has 0 fully saturated rings. The van der Waals surface area contributed by atoms with Gasteiger partial charge in [-0.3, -0.25) is 4.79 Å². The van der Waals surface area contributed by atoms with Crippen LogP contribution in [0.4, 0.5) is 5.69 Å². The van der Waals surface area contributed by atoms with Gasteiger partial charge in [-0.25, -0.2) is 0 Å². The Hall–Kier alpha value is -2.50. The summed E-state index contributed by atoms with van der Waals surface area (Å²) in [5, 5.41) is 12.0. The van der Waals surface area contributed by atoms with E-state index in [0.717, 1.165) is 16.9 Å². The third kappa shape index (κ3) is 4.56. The van der Waals surface area contributed by atoms with Gasteiger partial charge in [0.2, 0.25) is 5.01 Å². The van der Waals surface area contributed by atoms with Crippen LogP contribution in [0.3, 0.4) is 0 Å². The number of hydrogen-bond acceptors (Lipinski definition) is 4. The summed E-state index contributed by atoms with van der Waals surface area (Å²) in [6.45, 7) is 4.31. The minimum atomic E-state index is -0.300. The summed E-state index contributed by atoms with van der Waals surface area (Å²) in [7, 11) is 0. The molecule has 0 aliphatic heterocycles.